The van der Waals surface area contributed by atoms with Crippen molar-refractivity contribution in [2.75, 3.05) is 26.2 Å². The maximum absolute atomic E-state index is 3.22. The molecule has 1 radical (unpaired) electrons. The number of hydrogen-bond acceptors (Lipinski definition) is 2. The van der Waals surface area contributed by atoms with Crippen molar-refractivity contribution in [3.05, 3.63) is 0 Å². The van der Waals surface area contributed by atoms with E-state index in [0.29, 0.717) is 0 Å². The van der Waals surface area contributed by atoms with Gasteiger partial charge in [0.15, 0.2) is 0 Å². The summed E-state index contributed by atoms with van der Waals surface area (Å²) < 4.78 is 0. The Hall–Kier alpha value is 1.70. The number of piperazine rings is 1. The van der Waals surface area contributed by atoms with Crippen LogP contribution in [0.1, 0.15) is 0 Å². The van der Waals surface area contributed by atoms with Crippen LogP contribution in [-0.2, 0) is 17.1 Å². The number of nitrogens with one attached hydrogen (secondary N) is 2. The van der Waals surface area contributed by atoms with Gasteiger partial charge in [0.05, 0.1) is 0 Å². The second-order valence-corrected chi connectivity index (χ2v) is 1.50. The Balaban J connectivity index is 0. The van der Waals surface area contributed by atoms with E-state index in [-0.39, 0.29) is 54.8 Å². The average molecular weight is 183 g/mol. The van der Waals surface area contributed by atoms with E-state index in [1.807, 2.05) is 0 Å². The van der Waals surface area contributed by atoms with Crippen molar-refractivity contribution in [1.82, 2.24) is 10.6 Å². The summed E-state index contributed by atoms with van der Waals surface area (Å²) in [5.74, 6) is 0. The van der Waals surface area contributed by atoms with Gasteiger partial charge in [-0.15, -0.1) is 0 Å². The molecule has 1 saturated heterocycles. The third-order valence-electron chi connectivity index (χ3n) is 0.957. The van der Waals surface area contributed by atoms with Crippen LogP contribution in [0.15, 0.2) is 0 Å². The second-order valence-electron chi connectivity index (χ2n) is 1.50. The van der Waals surface area contributed by atoms with Gasteiger partial charge < -0.3 is 10.6 Å². The molecule has 0 aliphatic carbocycles. The molecule has 1 heterocycles. The van der Waals surface area contributed by atoms with Crippen molar-refractivity contribution in [3.8, 4) is 0 Å². The summed E-state index contributed by atoms with van der Waals surface area (Å²) in [4.78, 5) is 0. The minimum atomic E-state index is 0. The van der Waals surface area contributed by atoms with Gasteiger partial charge in [0, 0.05) is 43.2 Å². The SMILES string of the molecule is C1CNCCN1.[CaH2].[Mn]. The molecule has 0 aromatic rings. The molecule has 0 unspecified atom stereocenters. The third kappa shape index (κ3) is 5.83. The van der Waals surface area contributed by atoms with E-state index in [1.165, 1.54) is 0 Å². The molecule has 0 bridgehead atoms. The third-order valence-corrected chi connectivity index (χ3v) is 0.957. The predicted molar refractivity (Wildman–Crippen MR) is 34.3 cm³/mol. The monoisotopic (exact) mass is 183 g/mol. The maximum Gasteiger partial charge on any atom is 0 e. The van der Waals surface area contributed by atoms with Crippen molar-refractivity contribution in [2.24, 2.45) is 0 Å². The van der Waals surface area contributed by atoms with Crippen LogP contribution in [0.25, 0.3) is 0 Å². The molecule has 8 heavy (non-hydrogen) atoms. The molecule has 0 amide bonds. The fourth-order valence-electron chi connectivity index (χ4n) is 0.604. The zero-order valence-corrected chi connectivity index (χ0v) is 5.39. The Bertz CT molecular complexity index is 29.5. The first-order chi connectivity index (χ1) is 3.00. The molecule has 0 saturated carbocycles. The van der Waals surface area contributed by atoms with Crippen LogP contribution in [0.2, 0.25) is 0 Å². The van der Waals surface area contributed by atoms with Crippen LogP contribution in [0.4, 0.5) is 0 Å². The van der Waals surface area contributed by atoms with Crippen LogP contribution in [0.3, 0.4) is 0 Å². The smallest absolute Gasteiger partial charge is 0 e. The molecule has 1 aliphatic heterocycles. The topological polar surface area (TPSA) is 24.1 Å². The summed E-state index contributed by atoms with van der Waals surface area (Å²) in [6.07, 6.45) is 0. The van der Waals surface area contributed by atoms with E-state index >= 15 is 0 Å². The van der Waals surface area contributed by atoms with E-state index in [9.17, 15) is 0 Å². The summed E-state index contributed by atoms with van der Waals surface area (Å²) in [6, 6.07) is 0. The molecule has 1 aliphatic rings. The van der Waals surface area contributed by atoms with Crippen LogP contribution in [-0.4, -0.2) is 63.9 Å². The van der Waals surface area contributed by atoms with Crippen molar-refractivity contribution >= 4 is 37.7 Å². The minimum absolute atomic E-state index is 0. The van der Waals surface area contributed by atoms with Gasteiger partial charge in [-0.05, 0) is 0 Å². The van der Waals surface area contributed by atoms with Crippen molar-refractivity contribution in [1.29, 1.82) is 0 Å². The summed E-state index contributed by atoms with van der Waals surface area (Å²) in [7, 11) is 0. The quantitative estimate of drug-likeness (QED) is 0.436. The Kier molecular flexibility index (Phi) is 13.5. The Morgan fingerprint density at radius 1 is 0.750 bits per heavy atom. The zero-order chi connectivity index (χ0) is 4.24. The van der Waals surface area contributed by atoms with E-state index in [4.69, 9.17) is 0 Å². The number of rotatable bonds is 0. The molecule has 47 valence electrons. The summed E-state index contributed by atoms with van der Waals surface area (Å²) >= 11 is 0. The average Bonchev–Trinajstić information content (AvgIpc) is 1.72. The van der Waals surface area contributed by atoms with Gasteiger partial charge in [-0.3, -0.25) is 0 Å². The van der Waals surface area contributed by atoms with E-state index in [0.717, 1.165) is 26.2 Å². The first-order valence-corrected chi connectivity index (χ1v) is 2.41. The van der Waals surface area contributed by atoms with Crippen LogP contribution < -0.4 is 10.6 Å². The van der Waals surface area contributed by atoms with E-state index < -0.39 is 0 Å². The van der Waals surface area contributed by atoms with Gasteiger partial charge >= 0.3 is 37.7 Å². The summed E-state index contributed by atoms with van der Waals surface area (Å²) in [5, 5.41) is 6.44. The number of hydrogen-bond donors (Lipinski definition) is 2. The molecule has 1 rings (SSSR count). The Morgan fingerprint density at radius 2 is 1.00 bits per heavy atom. The van der Waals surface area contributed by atoms with Gasteiger partial charge in [-0.1, -0.05) is 0 Å². The largest absolute Gasteiger partial charge is 0 e. The first kappa shape index (κ1) is 12.4. The molecule has 1 fully saturated rings. The van der Waals surface area contributed by atoms with Gasteiger partial charge in [0.25, 0.3) is 0 Å². The van der Waals surface area contributed by atoms with Crippen LogP contribution >= 0.6 is 0 Å². The van der Waals surface area contributed by atoms with Crippen molar-refractivity contribution in [3.63, 3.8) is 0 Å². The fraction of sp³-hybridized carbons (Fsp3) is 1.00. The van der Waals surface area contributed by atoms with E-state index in [2.05, 4.69) is 10.6 Å². The predicted octanol–water partition coefficient (Wildman–Crippen LogP) is -1.74. The zero-order valence-electron chi connectivity index (χ0n) is 4.21. The molecule has 0 spiro atoms. The summed E-state index contributed by atoms with van der Waals surface area (Å²) in [6.45, 7) is 4.56. The standard InChI is InChI=1S/C4H10N2.Ca.Mn.2H/c1-2-6-4-3-5-1;;;;/h5-6H,1-4H2;;;;. The molecular formula is C4H12CaMnN2. The maximum atomic E-state index is 3.22. The molecule has 0 aromatic carbocycles. The molecule has 0 aromatic heterocycles. The molecule has 2 nitrogen and oxygen atoms in total. The van der Waals surface area contributed by atoms with Crippen molar-refractivity contribution in [2.45, 2.75) is 0 Å². The molecule has 4 heteroatoms. The van der Waals surface area contributed by atoms with E-state index in [1.54, 1.807) is 0 Å². The van der Waals surface area contributed by atoms with Gasteiger partial charge in [-0.25, -0.2) is 0 Å². The minimum Gasteiger partial charge on any atom is 0 e. The second kappa shape index (κ2) is 8.70. The summed E-state index contributed by atoms with van der Waals surface area (Å²) in [5.41, 5.74) is 0. The van der Waals surface area contributed by atoms with Gasteiger partial charge in [0.2, 0.25) is 0 Å². The molecule has 0 atom stereocenters. The van der Waals surface area contributed by atoms with Crippen LogP contribution in [0, 0.1) is 0 Å². The fourth-order valence-corrected chi connectivity index (χ4v) is 0.604. The normalized spacial score (nSPS) is 18.0. The first-order valence-electron chi connectivity index (χ1n) is 2.41. The molecular weight excluding hydrogens is 171 g/mol. The Labute approximate surface area is 90.6 Å². The molecule has 2 N–H and O–H groups in total. The Morgan fingerprint density at radius 3 is 1.12 bits per heavy atom. The van der Waals surface area contributed by atoms with Gasteiger partial charge in [0.1, 0.15) is 0 Å². The van der Waals surface area contributed by atoms with Gasteiger partial charge in [-0.2, -0.15) is 0 Å². The van der Waals surface area contributed by atoms with Crippen molar-refractivity contribution < 1.29 is 17.1 Å². The van der Waals surface area contributed by atoms with Crippen LogP contribution in [0.5, 0.6) is 0 Å².